The Morgan fingerprint density at radius 1 is 1.20 bits per heavy atom. The lowest BCUT2D eigenvalue weighted by Crippen LogP contribution is -2.23. The minimum atomic E-state index is 0.253. The predicted molar refractivity (Wildman–Crippen MR) is 77.1 cm³/mol. The van der Waals surface area contributed by atoms with E-state index in [0.717, 1.165) is 23.6 Å². The molecule has 3 aromatic rings. The van der Waals surface area contributed by atoms with Gasteiger partial charge in [-0.2, -0.15) is 0 Å². The van der Waals surface area contributed by atoms with Crippen LogP contribution in [0.2, 0.25) is 0 Å². The minimum Gasteiger partial charge on any atom is -0.300 e. The Kier molecular flexibility index (Phi) is 3.43. The Morgan fingerprint density at radius 3 is 2.90 bits per heavy atom. The second-order valence-electron chi connectivity index (χ2n) is 4.90. The number of imidazole rings is 1. The number of rotatable bonds is 4. The molecule has 1 atom stereocenters. The topological polar surface area (TPSA) is 46.3 Å². The number of pyridine rings is 1. The van der Waals surface area contributed by atoms with Gasteiger partial charge in [-0.15, -0.1) is 0 Å². The summed E-state index contributed by atoms with van der Waals surface area (Å²) in [5, 5.41) is 0. The lowest BCUT2D eigenvalue weighted by molar-refractivity contribution is 0.245. The highest BCUT2D eigenvalue weighted by Gasteiger charge is 2.14. The minimum absolute atomic E-state index is 0.253. The molecule has 0 aliphatic heterocycles. The quantitative estimate of drug-likeness (QED) is 0.728. The third kappa shape index (κ3) is 2.40. The lowest BCUT2D eigenvalue weighted by Gasteiger charge is -2.23. The maximum absolute atomic E-state index is 4.42. The molecule has 3 aromatic heterocycles. The largest absolute Gasteiger partial charge is 0.300 e. The van der Waals surface area contributed by atoms with Gasteiger partial charge in [-0.3, -0.25) is 19.3 Å². The van der Waals surface area contributed by atoms with E-state index in [1.807, 2.05) is 30.7 Å². The second-order valence-corrected chi connectivity index (χ2v) is 4.90. The monoisotopic (exact) mass is 267 g/mol. The zero-order valence-corrected chi connectivity index (χ0v) is 11.6. The molecule has 0 aromatic carbocycles. The Morgan fingerprint density at radius 2 is 2.10 bits per heavy atom. The summed E-state index contributed by atoms with van der Waals surface area (Å²) in [6.45, 7) is 2.97. The second kappa shape index (κ2) is 5.38. The van der Waals surface area contributed by atoms with Crippen LogP contribution in [0.1, 0.15) is 24.4 Å². The molecular formula is C15H17N5. The van der Waals surface area contributed by atoms with Crippen LogP contribution in [0, 0.1) is 0 Å². The predicted octanol–water partition coefficient (Wildman–Crippen LogP) is 2.32. The molecule has 0 saturated carbocycles. The number of hydrogen-bond donors (Lipinski definition) is 0. The van der Waals surface area contributed by atoms with Crippen LogP contribution in [0.5, 0.6) is 0 Å². The Balaban J connectivity index is 1.80. The molecule has 0 amide bonds. The van der Waals surface area contributed by atoms with Crippen molar-refractivity contribution < 1.29 is 0 Å². The molecule has 0 aliphatic carbocycles. The van der Waals surface area contributed by atoms with Crippen molar-refractivity contribution >= 4 is 5.65 Å². The summed E-state index contributed by atoms with van der Waals surface area (Å²) < 4.78 is 2.06. The van der Waals surface area contributed by atoms with E-state index in [2.05, 4.69) is 44.3 Å². The van der Waals surface area contributed by atoms with Gasteiger partial charge in [-0.25, -0.2) is 4.98 Å². The SMILES string of the molecule is C[C@H](c1ccccn1)N(C)Cc1cnc2cnccn12. The van der Waals surface area contributed by atoms with Crippen LogP contribution in [0.15, 0.2) is 49.2 Å². The first-order valence-electron chi connectivity index (χ1n) is 6.63. The average Bonchev–Trinajstić information content (AvgIpc) is 2.91. The maximum atomic E-state index is 4.42. The van der Waals surface area contributed by atoms with Crippen molar-refractivity contribution in [2.45, 2.75) is 19.5 Å². The van der Waals surface area contributed by atoms with Gasteiger partial charge in [0.2, 0.25) is 0 Å². The standard InChI is InChI=1S/C15H17N5/c1-12(14-5-3-4-6-17-14)19(2)11-13-9-18-15-10-16-7-8-20(13)15/h3-10,12H,11H2,1-2H3/t12-/m1/s1. The van der Waals surface area contributed by atoms with Gasteiger partial charge in [0.05, 0.1) is 23.8 Å². The first-order chi connectivity index (χ1) is 9.75. The summed E-state index contributed by atoms with van der Waals surface area (Å²) in [7, 11) is 2.10. The summed E-state index contributed by atoms with van der Waals surface area (Å²) in [5.74, 6) is 0. The summed E-state index contributed by atoms with van der Waals surface area (Å²) in [5.41, 5.74) is 3.10. The molecule has 0 saturated heterocycles. The molecule has 3 heterocycles. The van der Waals surface area contributed by atoms with Crippen LogP contribution in [0.4, 0.5) is 0 Å². The van der Waals surface area contributed by atoms with E-state index in [9.17, 15) is 0 Å². The molecule has 0 bridgehead atoms. The van der Waals surface area contributed by atoms with Gasteiger partial charge in [0, 0.05) is 31.2 Å². The maximum Gasteiger partial charge on any atom is 0.155 e. The molecule has 0 unspecified atom stereocenters. The average molecular weight is 267 g/mol. The van der Waals surface area contributed by atoms with Gasteiger partial charge in [-0.05, 0) is 26.1 Å². The van der Waals surface area contributed by atoms with Crippen LogP contribution < -0.4 is 0 Å². The summed E-state index contributed by atoms with van der Waals surface area (Å²) in [4.78, 5) is 15.1. The Hall–Kier alpha value is -2.27. The van der Waals surface area contributed by atoms with E-state index in [4.69, 9.17) is 0 Å². The van der Waals surface area contributed by atoms with Crippen LogP contribution in [0.3, 0.4) is 0 Å². The summed E-state index contributed by atoms with van der Waals surface area (Å²) in [6.07, 6.45) is 9.22. The van der Waals surface area contributed by atoms with E-state index in [0.29, 0.717) is 0 Å². The van der Waals surface area contributed by atoms with Gasteiger partial charge in [-0.1, -0.05) is 6.07 Å². The Bertz CT molecular complexity index is 692. The third-order valence-electron chi connectivity index (χ3n) is 3.58. The molecule has 0 radical (unpaired) electrons. The lowest BCUT2D eigenvalue weighted by atomic mass is 10.2. The summed E-state index contributed by atoms with van der Waals surface area (Å²) in [6, 6.07) is 6.27. The molecule has 20 heavy (non-hydrogen) atoms. The van der Waals surface area contributed by atoms with E-state index >= 15 is 0 Å². The van der Waals surface area contributed by atoms with Crippen molar-refractivity contribution in [1.29, 1.82) is 0 Å². The highest BCUT2D eigenvalue weighted by molar-refractivity contribution is 5.36. The fourth-order valence-electron chi connectivity index (χ4n) is 2.25. The van der Waals surface area contributed by atoms with Gasteiger partial charge in [0.15, 0.2) is 5.65 Å². The normalized spacial score (nSPS) is 12.9. The van der Waals surface area contributed by atoms with Gasteiger partial charge in [0.1, 0.15) is 0 Å². The van der Waals surface area contributed by atoms with Crippen molar-refractivity contribution in [3.05, 3.63) is 60.6 Å². The molecular weight excluding hydrogens is 250 g/mol. The van der Waals surface area contributed by atoms with Gasteiger partial charge < -0.3 is 0 Å². The first kappa shape index (κ1) is 12.7. The van der Waals surface area contributed by atoms with Crippen LogP contribution in [-0.2, 0) is 6.54 Å². The third-order valence-corrected chi connectivity index (χ3v) is 3.58. The number of fused-ring (bicyclic) bond motifs is 1. The Labute approximate surface area is 117 Å². The molecule has 5 nitrogen and oxygen atoms in total. The first-order valence-corrected chi connectivity index (χ1v) is 6.63. The molecule has 0 fully saturated rings. The van der Waals surface area contributed by atoms with E-state index in [1.165, 1.54) is 0 Å². The van der Waals surface area contributed by atoms with Crippen LogP contribution in [-0.4, -0.2) is 31.3 Å². The van der Waals surface area contributed by atoms with Crippen molar-refractivity contribution in [3.8, 4) is 0 Å². The van der Waals surface area contributed by atoms with Gasteiger partial charge >= 0.3 is 0 Å². The van der Waals surface area contributed by atoms with E-state index in [1.54, 1.807) is 12.4 Å². The van der Waals surface area contributed by atoms with Crippen molar-refractivity contribution in [2.75, 3.05) is 7.05 Å². The molecule has 102 valence electrons. The van der Waals surface area contributed by atoms with Crippen LogP contribution >= 0.6 is 0 Å². The van der Waals surface area contributed by atoms with Gasteiger partial charge in [0.25, 0.3) is 0 Å². The number of hydrogen-bond acceptors (Lipinski definition) is 4. The fraction of sp³-hybridized carbons (Fsp3) is 0.267. The number of nitrogens with zero attached hydrogens (tertiary/aromatic N) is 5. The zero-order chi connectivity index (χ0) is 13.9. The smallest absolute Gasteiger partial charge is 0.155 e. The molecule has 3 rings (SSSR count). The van der Waals surface area contributed by atoms with E-state index < -0.39 is 0 Å². The molecule has 0 spiro atoms. The van der Waals surface area contributed by atoms with E-state index in [-0.39, 0.29) is 6.04 Å². The zero-order valence-electron chi connectivity index (χ0n) is 11.6. The van der Waals surface area contributed by atoms with Crippen molar-refractivity contribution in [1.82, 2.24) is 24.3 Å². The van der Waals surface area contributed by atoms with Crippen molar-refractivity contribution in [2.24, 2.45) is 0 Å². The number of aromatic nitrogens is 4. The molecule has 0 N–H and O–H groups in total. The molecule has 5 heteroatoms. The molecule has 0 aliphatic rings. The van der Waals surface area contributed by atoms with Crippen molar-refractivity contribution in [3.63, 3.8) is 0 Å². The highest BCUT2D eigenvalue weighted by Crippen LogP contribution is 2.18. The highest BCUT2D eigenvalue weighted by atomic mass is 15.2. The van der Waals surface area contributed by atoms with Crippen LogP contribution in [0.25, 0.3) is 5.65 Å². The summed E-state index contributed by atoms with van der Waals surface area (Å²) >= 11 is 0. The fourth-order valence-corrected chi connectivity index (χ4v) is 2.25.